The van der Waals surface area contributed by atoms with Crippen LogP contribution in [0.1, 0.15) is 69.8 Å². The summed E-state index contributed by atoms with van der Waals surface area (Å²) in [4.78, 5) is 25.4. The van der Waals surface area contributed by atoms with Gasteiger partial charge in [-0.2, -0.15) is 0 Å². The number of carboxylic acid groups (broad SMARTS) is 1. The highest BCUT2D eigenvalue weighted by Gasteiger charge is 2.49. The summed E-state index contributed by atoms with van der Waals surface area (Å²) in [6.45, 7) is 1.64. The molecule has 166 valence electrons. The highest BCUT2D eigenvalue weighted by atomic mass is 16.5. The van der Waals surface area contributed by atoms with E-state index in [2.05, 4.69) is 17.4 Å². The first-order chi connectivity index (χ1) is 14.3. The van der Waals surface area contributed by atoms with Crippen molar-refractivity contribution in [2.45, 2.75) is 75.9 Å². The van der Waals surface area contributed by atoms with Gasteiger partial charge in [-0.15, -0.1) is 0 Å². The fourth-order valence-corrected chi connectivity index (χ4v) is 5.42. The summed E-state index contributed by atoms with van der Waals surface area (Å²) in [6.07, 6.45) is 5.34. The van der Waals surface area contributed by atoms with Gasteiger partial charge in [0.2, 0.25) is 5.91 Å². The van der Waals surface area contributed by atoms with Gasteiger partial charge in [0.05, 0.1) is 29.6 Å². The second kappa shape index (κ2) is 9.48. The van der Waals surface area contributed by atoms with E-state index in [-0.39, 0.29) is 18.9 Å². The summed E-state index contributed by atoms with van der Waals surface area (Å²) < 4.78 is 5.29. The van der Waals surface area contributed by atoms with Crippen molar-refractivity contribution >= 4 is 11.9 Å². The smallest absolute Gasteiger partial charge is 0.309 e. The van der Waals surface area contributed by atoms with Crippen LogP contribution in [0.5, 0.6) is 0 Å². The van der Waals surface area contributed by atoms with Gasteiger partial charge in [-0.05, 0) is 56.9 Å². The summed E-state index contributed by atoms with van der Waals surface area (Å²) in [5, 5.41) is 23.1. The Kier molecular flexibility index (Phi) is 7.19. The lowest BCUT2D eigenvalue weighted by Gasteiger charge is -2.37. The number of aliphatic carboxylic acids is 1. The highest BCUT2D eigenvalue weighted by Crippen LogP contribution is 2.46. The predicted octanol–water partition coefficient (Wildman–Crippen LogP) is 3.49. The molecule has 0 radical (unpaired) electrons. The lowest BCUT2D eigenvalue weighted by molar-refractivity contribution is -0.149. The molecule has 2 fully saturated rings. The Morgan fingerprint density at radius 2 is 1.87 bits per heavy atom. The molecule has 1 aromatic rings. The average molecular weight is 418 g/mol. The number of ether oxygens (including phenoxy) is 1. The number of aliphatic hydroxyl groups excluding tert-OH is 1. The predicted molar refractivity (Wildman–Crippen MR) is 114 cm³/mol. The minimum Gasteiger partial charge on any atom is -0.481 e. The number of amides is 1. The van der Waals surface area contributed by atoms with Crippen molar-refractivity contribution in [3.63, 3.8) is 0 Å². The van der Waals surface area contributed by atoms with E-state index in [0.717, 1.165) is 25.7 Å². The quantitative estimate of drug-likeness (QED) is 0.572. The SMILES string of the molecule is COC(C)C(CC1(C(=O)NC2(CO)CCC(c3ccccc3)C2)CCCC1)C(=O)O. The van der Waals surface area contributed by atoms with E-state index >= 15 is 0 Å². The molecule has 0 bridgehead atoms. The Balaban J connectivity index is 1.76. The van der Waals surface area contributed by atoms with E-state index in [1.807, 2.05) is 18.2 Å². The van der Waals surface area contributed by atoms with Crippen molar-refractivity contribution in [1.82, 2.24) is 5.32 Å². The number of carbonyl (C=O) groups is 2. The largest absolute Gasteiger partial charge is 0.481 e. The highest BCUT2D eigenvalue weighted by molar-refractivity contribution is 5.84. The van der Waals surface area contributed by atoms with Crippen LogP contribution in [0.25, 0.3) is 0 Å². The summed E-state index contributed by atoms with van der Waals surface area (Å²) in [7, 11) is 1.50. The van der Waals surface area contributed by atoms with E-state index in [0.29, 0.717) is 25.2 Å². The molecule has 1 amide bonds. The maximum absolute atomic E-state index is 13.5. The Bertz CT molecular complexity index is 730. The van der Waals surface area contributed by atoms with Crippen LogP contribution in [0.15, 0.2) is 30.3 Å². The van der Waals surface area contributed by atoms with E-state index in [4.69, 9.17) is 4.74 Å². The molecule has 4 unspecified atom stereocenters. The molecule has 2 aliphatic carbocycles. The molecule has 2 aliphatic rings. The maximum Gasteiger partial charge on any atom is 0.309 e. The number of aliphatic hydroxyl groups is 1. The Morgan fingerprint density at radius 1 is 1.20 bits per heavy atom. The van der Waals surface area contributed by atoms with Gasteiger partial charge in [0, 0.05) is 7.11 Å². The molecule has 2 saturated carbocycles. The van der Waals surface area contributed by atoms with Crippen molar-refractivity contribution < 1.29 is 24.5 Å². The van der Waals surface area contributed by atoms with Crippen LogP contribution in [-0.4, -0.2) is 47.4 Å². The van der Waals surface area contributed by atoms with Crippen molar-refractivity contribution in [1.29, 1.82) is 0 Å². The van der Waals surface area contributed by atoms with Crippen molar-refractivity contribution in [2.24, 2.45) is 11.3 Å². The molecule has 0 aromatic heterocycles. The normalized spacial score (nSPS) is 27.5. The molecule has 4 atom stereocenters. The number of rotatable bonds is 9. The Hall–Kier alpha value is -1.92. The van der Waals surface area contributed by atoms with Crippen molar-refractivity contribution in [3.05, 3.63) is 35.9 Å². The number of methoxy groups -OCH3 is 1. The number of carbonyl (C=O) groups excluding carboxylic acids is 1. The van der Waals surface area contributed by atoms with Crippen LogP contribution in [0.2, 0.25) is 0 Å². The fourth-order valence-electron chi connectivity index (χ4n) is 5.42. The molecule has 0 saturated heterocycles. The third-order valence-electron chi connectivity index (χ3n) is 7.47. The van der Waals surface area contributed by atoms with Gasteiger partial charge in [0.1, 0.15) is 0 Å². The molecule has 0 heterocycles. The Labute approximate surface area is 179 Å². The van der Waals surface area contributed by atoms with Crippen LogP contribution < -0.4 is 5.32 Å². The zero-order chi connectivity index (χ0) is 21.8. The molecule has 6 nitrogen and oxygen atoms in total. The lowest BCUT2D eigenvalue weighted by atomic mass is 9.74. The second-order valence-corrected chi connectivity index (χ2v) is 9.32. The zero-order valence-electron chi connectivity index (χ0n) is 18.1. The monoisotopic (exact) mass is 417 g/mol. The van der Waals surface area contributed by atoms with E-state index in [1.54, 1.807) is 6.92 Å². The summed E-state index contributed by atoms with van der Waals surface area (Å²) >= 11 is 0. The number of benzene rings is 1. The topological polar surface area (TPSA) is 95.9 Å². The third-order valence-corrected chi connectivity index (χ3v) is 7.47. The molecule has 30 heavy (non-hydrogen) atoms. The molecule has 6 heteroatoms. The minimum atomic E-state index is -0.926. The van der Waals surface area contributed by atoms with Crippen LogP contribution in [-0.2, 0) is 14.3 Å². The first-order valence-corrected chi connectivity index (χ1v) is 11.1. The van der Waals surface area contributed by atoms with Crippen molar-refractivity contribution in [2.75, 3.05) is 13.7 Å². The van der Waals surface area contributed by atoms with Crippen LogP contribution >= 0.6 is 0 Å². The fraction of sp³-hybridized carbons (Fsp3) is 0.667. The minimum absolute atomic E-state index is 0.0997. The van der Waals surface area contributed by atoms with E-state index in [9.17, 15) is 19.8 Å². The molecule has 1 aromatic carbocycles. The van der Waals surface area contributed by atoms with Gasteiger partial charge in [-0.25, -0.2) is 0 Å². The average Bonchev–Trinajstić information content (AvgIpc) is 3.40. The van der Waals surface area contributed by atoms with E-state index in [1.165, 1.54) is 12.7 Å². The van der Waals surface area contributed by atoms with Gasteiger partial charge in [-0.1, -0.05) is 43.2 Å². The molecule has 0 spiro atoms. The third kappa shape index (κ3) is 4.70. The summed E-state index contributed by atoms with van der Waals surface area (Å²) in [6, 6.07) is 10.2. The molecule has 0 aliphatic heterocycles. The first kappa shape index (κ1) is 22.8. The number of carboxylic acids is 1. The standard InChI is InChI=1S/C24H35NO5/c1-17(30-2)20(21(27)28)15-23(11-6-7-12-23)22(29)25-24(16-26)13-10-19(14-24)18-8-4-3-5-9-18/h3-5,8-9,17,19-20,26H,6-7,10-16H2,1-2H3,(H,25,29)(H,27,28). The van der Waals surface area contributed by atoms with Crippen LogP contribution in [0.4, 0.5) is 0 Å². The lowest BCUT2D eigenvalue weighted by Crippen LogP contribution is -2.55. The number of nitrogens with one attached hydrogen (secondary N) is 1. The maximum atomic E-state index is 13.5. The van der Waals surface area contributed by atoms with Crippen LogP contribution in [0, 0.1) is 11.3 Å². The second-order valence-electron chi connectivity index (χ2n) is 9.32. The van der Waals surface area contributed by atoms with Crippen molar-refractivity contribution in [3.8, 4) is 0 Å². The zero-order valence-corrected chi connectivity index (χ0v) is 18.1. The number of hydrogen-bond donors (Lipinski definition) is 3. The van der Waals surface area contributed by atoms with Gasteiger partial charge >= 0.3 is 5.97 Å². The number of hydrogen-bond acceptors (Lipinski definition) is 4. The molecule has 3 N–H and O–H groups in total. The van der Waals surface area contributed by atoms with Crippen LogP contribution in [0.3, 0.4) is 0 Å². The van der Waals surface area contributed by atoms with Gasteiger partial charge in [0.25, 0.3) is 0 Å². The molecule has 3 rings (SSSR count). The van der Waals surface area contributed by atoms with Gasteiger partial charge in [0.15, 0.2) is 0 Å². The first-order valence-electron chi connectivity index (χ1n) is 11.1. The van der Waals surface area contributed by atoms with E-state index < -0.39 is 28.9 Å². The summed E-state index contributed by atoms with van der Waals surface area (Å²) in [5.74, 6) is -1.45. The summed E-state index contributed by atoms with van der Waals surface area (Å²) in [5.41, 5.74) is -0.112. The van der Waals surface area contributed by atoms with Gasteiger partial charge < -0.3 is 20.3 Å². The Morgan fingerprint density at radius 3 is 2.43 bits per heavy atom. The van der Waals surface area contributed by atoms with Gasteiger partial charge in [-0.3, -0.25) is 9.59 Å². The molecular formula is C24H35NO5. The molecular weight excluding hydrogens is 382 g/mol.